The molecule has 0 spiro atoms. The van der Waals surface area contributed by atoms with Gasteiger partial charge in [0.25, 0.3) is 5.91 Å². The molecule has 150 valence electrons. The van der Waals surface area contributed by atoms with Crippen LogP contribution in [0.4, 0.5) is 4.39 Å². The van der Waals surface area contributed by atoms with E-state index in [4.69, 9.17) is 4.52 Å². The van der Waals surface area contributed by atoms with Gasteiger partial charge in [0.05, 0.1) is 5.56 Å². The molecule has 0 aliphatic heterocycles. The molecule has 0 atom stereocenters. The van der Waals surface area contributed by atoms with Crippen LogP contribution in [0, 0.1) is 12.7 Å². The lowest BCUT2D eigenvalue weighted by molar-refractivity contribution is 0.0950. The van der Waals surface area contributed by atoms with Gasteiger partial charge < -0.3 is 14.8 Å². The van der Waals surface area contributed by atoms with Crippen molar-refractivity contribution < 1.29 is 18.5 Å². The van der Waals surface area contributed by atoms with E-state index in [0.717, 1.165) is 12.8 Å². The zero-order valence-electron chi connectivity index (χ0n) is 16.2. The molecule has 1 fully saturated rings. The van der Waals surface area contributed by atoms with Crippen LogP contribution < -0.4 is 5.32 Å². The standard InChI is InChI=1S/C23H18FN3O3/c1-12-20(21(27-30-12)13-2-5-15(24)6-3-13)22(28)18-11-25-19-10-14(4-9-17(18)19)23(29)26-16-7-8-16/h2-6,9-11,16,25H,7-8H2,1H3,(H,26,29). The van der Waals surface area contributed by atoms with Crippen LogP contribution in [0.5, 0.6) is 0 Å². The second-order valence-corrected chi connectivity index (χ2v) is 7.51. The number of carbonyl (C=O) groups is 2. The molecule has 7 heteroatoms. The smallest absolute Gasteiger partial charge is 0.251 e. The fourth-order valence-electron chi connectivity index (χ4n) is 3.53. The van der Waals surface area contributed by atoms with Crippen LogP contribution in [0.25, 0.3) is 22.2 Å². The first-order valence-electron chi connectivity index (χ1n) is 9.70. The molecule has 4 aromatic rings. The number of carbonyl (C=O) groups excluding carboxylic acids is 2. The summed E-state index contributed by atoms with van der Waals surface area (Å²) in [5.74, 6) is -0.357. The Morgan fingerprint density at radius 1 is 1.17 bits per heavy atom. The van der Waals surface area contributed by atoms with Crippen molar-refractivity contribution >= 4 is 22.6 Å². The molecular weight excluding hydrogens is 385 g/mol. The first-order valence-corrected chi connectivity index (χ1v) is 9.70. The Hall–Kier alpha value is -3.74. The molecule has 30 heavy (non-hydrogen) atoms. The number of hydrogen-bond acceptors (Lipinski definition) is 4. The predicted molar refractivity (Wildman–Crippen MR) is 109 cm³/mol. The molecule has 2 N–H and O–H groups in total. The summed E-state index contributed by atoms with van der Waals surface area (Å²) in [5.41, 5.74) is 2.98. The Bertz CT molecular complexity index is 1280. The van der Waals surface area contributed by atoms with E-state index in [1.165, 1.54) is 12.1 Å². The zero-order chi connectivity index (χ0) is 20.8. The SMILES string of the molecule is Cc1onc(-c2ccc(F)cc2)c1C(=O)c1c[nH]c2cc(C(=O)NC3CC3)ccc12. The summed E-state index contributed by atoms with van der Waals surface area (Å²) >= 11 is 0. The van der Waals surface area contributed by atoms with E-state index < -0.39 is 0 Å². The van der Waals surface area contributed by atoms with Crippen molar-refractivity contribution in [3.8, 4) is 11.3 Å². The van der Waals surface area contributed by atoms with Crippen molar-refractivity contribution in [2.24, 2.45) is 0 Å². The van der Waals surface area contributed by atoms with E-state index >= 15 is 0 Å². The predicted octanol–water partition coefficient (Wildman–Crippen LogP) is 4.39. The Morgan fingerprint density at radius 3 is 2.67 bits per heavy atom. The number of hydrogen-bond donors (Lipinski definition) is 2. The van der Waals surface area contributed by atoms with Crippen molar-refractivity contribution in [3.05, 3.63) is 76.9 Å². The summed E-state index contributed by atoms with van der Waals surface area (Å²) in [6, 6.07) is 11.2. The van der Waals surface area contributed by atoms with Crippen molar-refractivity contribution in [2.45, 2.75) is 25.8 Å². The Kier molecular flexibility index (Phi) is 4.24. The molecule has 1 amide bonds. The number of ketones is 1. The molecule has 0 saturated heterocycles. The highest BCUT2D eigenvalue weighted by Gasteiger charge is 2.26. The van der Waals surface area contributed by atoms with E-state index in [1.54, 1.807) is 43.5 Å². The van der Waals surface area contributed by atoms with Crippen molar-refractivity contribution in [1.29, 1.82) is 0 Å². The topological polar surface area (TPSA) is 88.0 Å². The highest BCUT2D eigenvalue weighted by Crippen LogP contribution is 2.30. The van der Waals surface area contributed by atoms with Gasteiger partial charge in [0, 0.05) is 39.8 Å². The van der Waals surface area contributed by atoms with E-state index in [-0.39, 0.29) is 23.5 Å². The largest absolute Gasteiger partial charge is 0.360 e. The molecule has 0 unspecified atom stereocenters. The van der Waals surface area contributed by atoms with E-state index in [9.17, 15) is 14.0 Å². The number of amides is 1. The van der Waals surface area contributed by atoms with Gasteiger partial charge in [0.2, 0.25) is 5.78 Å². The summed E-state index contributed by atoms with van der Waals surface area (Å²) in [5, 5.41) is 7.68. The number of H-pyrrole nitrogens is 1. The third-order valence-corrected chi connectivity index (χ3v) is 5.31. The molecule has 1 aliphatic carbocycles. The van der Waals surface area contributed by atoms with Crippen LogP contribution in [-0.2, 0) is 0 Å². The highest BCUT2D eigenvalue weighted by molar-refractivity contribution is 6.19. The van der Waals surface area contributed by atoms with Crippen molar-refractivity contribution in [2.75, 3.05) is 0 Å². The van der Waals surface area contributed by atoms with E-state index in [0.29, 0.717) is 44.6 Å². The number of aromatic amines is 1. The summed E-state index contributed by atoms with van der Waals surface area (Å²) in [4.78, 5) is 28.7. The van der Waals surface area contributed by atoms with Crippen molar-refractivity contribution in [3.63, 3.8) is 0 Å². The average molecular weight is 403 g/mol. The number of benzene rings is 2. The molecule has 5 rings (SSSR count). The molecule has 1 aliphatic rings. The quantitative estimate of drug-likeness (QED) is 0.484. The van der Waals surface area contributed by atoms with Gasteiger partial charge >= 0.3 is 0 Å². The average Bonchev–Trinajstić information content (AvgIpc) is 3.32. The lowest BCUT2D eigenvalue weighted by Crippen LogP contribution is -2.25. The minimum atomic E-state index is -0.370. The van der Waals surface area contributed by atoms with Gasteiger partial charge in [-0.15, -0.1) is 0 Å². The van der Waals surface area contributed by atoms with Gasteiger partial charge in [-0.2, -0.15) is 0 Å². The summed E-state index contributed by atoms with van der Waals surface area (Å²) in [7, 11) is 0. The molecule has 0 radical (unpaired) electrons. The maximum absolute atomic E-state index is 13.4. The molecule has 1 saturated carbocycles. The van der Waals surface area contributed by atoms with Gasteiger partial charge in [0.15, 0.2) is 0 Å². The van der Waals surface area contributed by atoms with Crippen LogP contribution >= 0.6 is 0 Å². The third kappa shape index (κ3) is 3.18. The Labute approximate surface area is 171 Å². The summed E-state index contributed by atoms with van der Waals surface area (Å²) < 4.78 is 18.6. The molecular formula is C23H18FN3O3. The second kappa shape index (κ2) is 6.95. The maximum atomic E-state index is 13.4. The minimum Gasteiger partial charge on any atom is -0.360 e. The first kappa shape index (κ1) is 18.3. The fourth-order valence-corrected chi connectivity index (χ4v) is 3.53. The van der Waals surface area contributed by atoms with E-state index in [1.807, 2.05) is 0 Å². The normalized spacial score (nSPS) is 13.5. The monoisotopic (exact) mass is 403 g/mol. The number of nitrogens with zero attached hydrogens (tertiary/aromatic N) is 1. The van der Waals surface area contributed by atoms with Gasteiger partial charge in [-0.25, -0.2) is 4.39 Å². The number of aryl methyl sites for hydroxylation is 1. The molecule has 2 aromatic heterocycles. The molecule has 6 nitrogen and oxygen atoms in total. The van der Waals surface area contributed by atoms with Crippen LogP contribution in [0.15, 0.2) is 53.2 Å². The number of aromatic nitrogens is 2. The fraction of sp³-hybridized carbons (Fsp3) is 0.174. The number of nitrogens with one attached hydrogen (secondary N) is 2. The molecule has 2 aromatic carbocycles. The van der Waals surface area contributed by atoms with Gasteiger partial charge in [0.1, 0.15) is 17.3 Å². The lowest BCUT2D eigenvalue weighted by atomic mass is 9.97. The third-order valence-electron chi connectivity index (χ3n) is 5.31. The number of halogens is 1. The van der Waals surface area contributed by atoms with Gasteiger partial charge in [-0.1, -0.05) is 11.2 Å². The van der Waals surface area contributed by atoms with Crippen LogP contribution in [0.2, 0.25) is 0 Å². The first-order chi connectivity index (χ1) is 14.5. The van der Waals surface area contributed by atoms with Gasteiger partial charge in [-0.05, 0) is 56.2 Å². The van der Waals surface area contributed by atoms with E-state index in [2.05, 4.69) is 15.5 Å². The molecule has 0 bridgehead atoms. The minimum absolute atomic E-state index is 0.115. The van der Waals surface area contributed by atoms with Gasteiger partial charge in [-0.3, -0.25) is 9.59 Å². The summed E-state index contributed by atoms with van der Waals surface area (Å²) in [6.07, 6.45) is 3.66. The van der Waals surface area contributed by atoms with Crippen LogP contribution in [-0.4, -0.2) is 27.9 Å². The zero-order valence-corrected chi connectivity index (χ0v) is 16.2. The maximum Gasteiger partial charge on any atom is 0.251 e. The number of fused-ring (bicyclic) bond motifs is 1. The lowest BCUT2D eigenvalue weighted by Gasteiger charge is -2.04. The second-order valence-electron chi connectivity index (χ2n) is 7.51. The Balaban J connectivity index is 1.52. The van der Waals surface area contributed by atoms with Crippen molar-refractivity contribution in [1.82, 2.24) is 15.5 Å². The molecule has 2 heterocycles. The Morgan fingerprint density at radius 2 is 1.93 bits per heavy atom. The van der Waals surface area contributed by atoms with Crippen LogP contribution in [0.1, 0.15) is 44.9 Å². The number of rotatable bonds is 5. The highest BCUT2D eigenvalue weighted by atomic mass is 19.1. The summed E-state index contributed by atoms with van der Waals surface area (Å²) in [6.45, 7) is 1.67. The van der Waals surface area contributed by atoms with Crippen LogP contribution in [0.3, 0.4) is 0 Å².